The summed E-state index contributed by atoms with van der Waals surface area (Å²) in [6, 6.07) is 0.821. The van der Waals surface area contributed by atoms with E-state index in [0.29, 0.717) is 0 Å². The molecule has 0 aromatic heterocycles. The Morgan fingerprint density at radius 1 is 1.22 bits per heavy atom. The minimum Gasteiger partial charge on any atom is -0.313 e. The topological polar surface area (TPSA) is 12.0 Å². The second-order valence-electron chi connectivity index (χ2n) is 6.78. The van der Waals surface area contributed by atoms with E-state index in [0.717, 1.165) is 29.0 Å². The van der Waals surface area contributed by atoms with E-state index in [-0.39, 0.29) is 0 Å². The van der Waals surface area contributed by atoms with Crippen LogP contribution in [-0.4, -0.2) is 23.6 Å². The molecule has 2 aliphatic carbocycles. The van der Waals surface area contributed by atoms with Crippen molar-refractivity contribution in [3.05, 3.63) is 0 Å². The van der Waals surface area contributed by atoms with Gasteiger partial charge in [-0.1, -0.05) is 13.3 Å². The highest BCUT2D eigenvalue weighted by Crippen LogP contribution is 2.50. The molecule has 1 aliphatic heterocycles. The smallest absolute Gasteiger partial charge is 0.0201 e. The molecule has 5 atom stereocenters. The van der Waals surface area contributed by atoms with Gasteiger partial charge in [-0.3, -0.25) is 0 Å². The average Bonchev–Trinajstić information content (AvgIpc) is 3.09. The van der Waals surface area contributed by atoms with Crippen molar-refractivity contribution in [1.29, 1.82) is 0 Å². The third-order valence-electron chi connectivity index (χ3n) is 5.51. The van der Waals surface area contributed by atoms with Gasteiger partial charge in [0.2, 0.25) is 0 Å². The van der Waals surface area contributed by atoms with Crippen molar-refractivity contribution in [1.82, 2.24) is 5.32 Å². The molecule has 3 rings (SSSR count). The summed E-state index contributed by atoms with van der Waals surface area (Å²) in [7, 11) is 0. The highest BCUT2D eigenvalue weighted by Gasteiger charge is 2.41. The van der Waals surface area contributed by atoms with Crippen LogP contribution in [0.15, 0.2) is 0 Å². The fraction of sp³-hybridized carbons (Fsp3) is 1.00. The Bertz CT molecular complexity index is 262. The van der Waals surface area contributed by atoms with Crippen LogP contribution in [0.3, 0.4) is 0 Å². The predicted octanol–water partition coefficient (Wildman–Crippen LogP) is 4.08. The van der Waals surface area contributed by atoms with Crippen LogP contribution in [0.1, 0.15) is 58.3 Å². The maximum atomic E-state index is 3.88. The largest absolute Gasteiger partial charge is 0.313 e. The minimum absolute atomic E-state index is 0.821. The van der Waals surface area contributed by atoms with Crippen LogP contribution in [0.2, 0.25) is 0 Å². The molecule has 2 bridgehead atoms. The highest BCUT2D eigenvalue weighted by molar-refractivity contribution is 8.00. The summed E-state index contributed by atoms with van der Waals surface area (Å²) in [4.78, 5) is 0. The van der Waals surface area contributed by atoms with E-state index in [2.05, 4.69) is 24.0 Å². The zero-order chi connectivity index (χ0) is 12.4. The van der Waals surface area contributed by atoms with Crippen LogP contribution in [-0.2, 0) is 0 Å². The lowest BCUT2D eigenvalue weighted by Crippen LogP contribution is -2.40. The van der Waals surface area contributed by atoms with Gasteiger partial charge in [-0.05, 0) is 75.0 Å². The lowest BCUT2D eigenvalue weighted by molar-refractivity contribution is 0.273. The van der Waals surface area contributed by atoms with Crippen LogP contribution in [0.4, 0.5) is 0 Å². The Morgan fingerprint density at radius 3 is 2.78 bits per heavy atom. The van der Waals surface area contributed by atoms with Crippen LogP contribution in [0, 0.1) is 17.8 Å². The Hall–Kier alpha value is 0.310. The van der Waals surface area contributed by atoms with Gasteiger partial charge in [0.1, 0.15) is 0 Å². The van der Waals surface area contributed by atoms with Crippen molar-refractivity contribution < 1.29 is 0 Å². The molecule has 18 heavy (non-hydrogen) atoms. The van der Waals surface area contributed by atoms with Gasteiger partial charge in [-0.25, -0.2) is 0 Å². The quantitative estimate of drug-likeness (QED) is 0.778. The standard InChI is InChI=1S/C16H29NS/c1-2-7-17-15(16-4-3-8-18-16)11-14-10-12-5-6-13(14)9-12/h12-17H,2-11H2,1H3. The number of hydrogen-bond donors (Lipinski definition) is 1. The molecule has 5 unspecified atom stereocenters. The molecule has 1 saturated heterocycles. The molecule has 1 heterocycles. The Balaban J connectivity index is 1.54. The normalized spacial score (nSPS) is 40.5. The Kier molecular flexibility index (Phi) is 4.56. The first-order chi connectivity index (χ1) is 8.86. The Morgan fingerprint density at radius 2 is 2.17 bits per heavy atom. The van der Waals surface area contributed by atoms with Crippen molar-refractivity contribution in [2.24, 2.45) is 17.8 Å². The number of nitrogens with one attached hydrogen (secondary N) is 1. The summed E-state index contributed by atoms with van der Waals surface area (Å²) in [6.45, 7) is 3.52. The zero-order valence-corrected chi connectivity index (χ0v) is 12.7. The van der Waals surface area contributed by atoms with Gasteiger partial charge in [-0.2, -0.15) is 11.8 Å². The number of fused-ring (bicyclic) bond motifs is 2. The second-order valence-corrected chi connectivity index (χ2v) is 8.13. The van der Waals surface area contributed by atoms with Gasteiger partial charge in [-0.15, -0.1) is 0 Å². The molecule has 0 spiro atoms. The minimum atomic E-state index is 0.821. The van der Waals surface area contributed by atoms with Crippen LogP contribution >= 0.6 is 11.8 Å². The van der Waals surface area contributed by atoms with E-state index in [1.54, 1.807) is 25.7 Å². The number of rotatable bonds is 6. The Labute approximate surface area is 117 Å². The van der Waals surface area contributed by atoms with E-state index in [4.69, 9.17) is 0 Å². The molecule has 2 heteroatoms. The molecule has 3 fully saturated rings. The lowest BCUT2D eigenvalue weighted by atomic mass is 9.83. The van der Waals surface area contributed by atoms with Crippen LogP contribution in [0.5, 0.6) is 0 Å². The summed E-state index contributed by atoms with van der Waals surface area (Å²) in [6.07, 6.45) is 11.9. The third-order valence-corrected chi connectivity index (χ3v) is 7.03. The van der Waals surface area contributed by atoms with Crippen LogP contribution in [0.25, 0.3) is 0 Å². The average molecular weight is 267 g/mol. The van der Waals surface area contributed by atoms with E-state index in [1.807, 2.05) is 0 Å². The fourth-order valence-electron chi connectivity index (χ4n) is 4.61. The zero-order valence-electron chi connectivity index (χ0n) is 11.9. The summed E-state index contributed by atoms with van der Waals surface area (Å²) in [5, 5.41) is 4.80. The SMILES string of the molecule is CCCNC(CC1CC2CCC1C2)C1CCCS1. The molecule has 104 valence electrons. The molecule has 0 radical (unpaired) electrons. The van der Waals surface area contributed by atoms with E-state index in [9.17, 15) is 0 Å². The highest BCUT2D eigenvalue weighted by atomic mass is 32.2. The lowest BCUT2D eigenvalue weighted by Gasteiger charge is -2.30. The summed E-state index contributed by atoms with van der Waals surface area (Å²) in [5.41, 5.74) is 0. The molecule has 1 N–H and O–H groups in total. The molecule has 2 saturated carbocycles. The second kappa shape index (κ2) is 6.17. The van der Waals surface area contributed by atoms with Gasteiger partial charge in [0.15, 0.2) is 0 Å². The van der Waals surface area contributed by atoms with Crippen molar-refractivity contribution in [2.75, 3.05) is 12.3 Å². The molecule has 3 aliphatic rings. The molecule has 0 aromatic carbocycles. The molecule has 0 amide bonds. The van der Waals surface area contributed by atoms with Crippen molar-refractivity contribution in [2.45, 2.75) is 69.6 Å². The van der Waals surface area contributed by atoms with Gasteiger partial charge in [0, 0.05) is 11.3 Å². The number of hydrogen-bond acceptors (Lipinski definition) is 2. The van der Waals surface area contributed by atoms with Gasteiger partial charge >= 0.3 is 0 Å². The molecular formula is C16H29NS. The monoisotopic (exact) mass is 267 g/mol. The van der Waals surface area contributed by atoms with Crippen molar-refractivity contribution in [3.63, 3.8) is 0 Å². The fourth-order valence-corrected chi connectivity index (χ4v) is 6.02. The summed E-state index contributed by atoms with van der Waals surface area (Å²) in [5.74, 6) is 4.70. The van der Waals surface area contributed by atoms with Crippen molar-refractivity contribution in [3.8, 4) is 0 Å². The summed E-state index contributed by atoms with van der Waals surface area (Å²) < 4.78 is 0. The van der Waals surface area contributed by atoms with Gasteiger partial charge in [0.25, 0.3) is 0 Å². The number of thioether (sulfide) groups is 1. The van der Waals surface area contributed by atoms with Gasteiger partial charge in [0.05, 0.1) is 0 Å². The van der Waals surface area contributed by atoms with E-state index in [1.165, 1.54) is 38.0 Å². The first-order valence-electron chi connectivity index (χ1n) is 8.21. The van der Waals surface area contributed by atoms with Gasteiger partial charge < -0.3 is 5.32 Å². The maximum Gasteiger partial charge on any atom is 0.0201 e. The molecule has 0 aromatic rings. The van der Waals surface area contributed by atoms with E-state index < -0.39 is 0 Å². The predicted molar refractivity (Wildman–Crippen MR) is 81.1 cm³/mol. The maximum absolute atomic E-state index is 3.88. The third kappa shape index (κ3) is 2.90. The van der Waals surface area contributed by atoms with E-state index >= 15 is 0 Å². The van der Waals surface area contributed by atoms with Crippen LogP contribution < -0.4 is 5.32 Å². The summed E-state index contributed by atoms with van der Waals surface area (Å²) >= 11 is 2.24. The first-order valence-corrected chi connectivity index (χ1v) is 9.26. The molecular weight excluding hydrogens is 238 g/mol. The van der Waals surface area contributed by atoms with Crippen molar-refractivity contribution >= 4 is 11.8 Å². The first kappa shape index (κ1) is 13.3. The molecule has 1 nitrogen and oxygen atoms in total.